The average molecular weight is 255 g/mol. The van der Waals surface area contributed by atoms with Crippen LogP contribution in [0.5, 0.6) is 0 Å². The Morgan fingerprint density at radius 3 is 2.44 bits per heavy atom. The summed E-state index contributed by atoms with van der Waals surface area (Å²) in [6.07, 6.45) is 3.85. The highest BCUT2D eigenvalue weighted by Crippen LogP contribution is 2.23. The minimum absolute atomic E-state index is 0.449. The summed E-state index contributed by atoms with van der Waals surface area (Å²) in [4.78, 5) is 4.99. The van der Waals surface area contributed by atoms with Gasteiger partial charge in [0.25, 0.3) is 0 Å². The van der Waals surface area contributed by atoms with Crippen LogP contribution in [-0.2, 0) is 0 Å². The fourth-order valence-corrected chi connectivity index (χ4v) is 2.67. The molecule has 1 heterocycles. The van der Waals surface area contributed by atoms with E-state index in [0.717, 1.165) is 0 Å². The first kappa shape index (κ1) is 15.9. The van der Waals surface area contributed by atoms with Gasteiger partial charge in [-0.15, -0.1) is 0 Å². The summed E-state index contributed by atoms with van der Waals surface area (Å²) in [5, 5.41) is 3.51. The molecule has 2 unspecified atom stereocenters. The molecule has 0 aliphatic carbocycles. The molecular formula is C15H33N3. The van der Waals surface area contributed by atoms with Crippen molar-refractivity contribution < 1.29 is 0 Å². The summed E-state index contributed by atoms with van der Waals surface area (Å²) in [7, 11) is 6.62. The van der Waals surface area contributed by atoms with Crippen LogP contribution in [0.25, 0.3) is 0 Å². The summed E-state index contributed by atoms with van der Waals surface area (Å²) in [6, 6.07) is 1.37. The predicted molar refractivity (Wildman–Crippen MR) is 80.1 cm³/mol. The predicted octanol–water partition coefficient (Wildman–Crippen LogP) is 2.04. The van der Waals surface area contributed by atoms with E-state index in [1.807, 2.05) is 0 Å². The van der Waals surface area contributed by atoms with Gasteiger partial charge in [-0.25, -0.2) is 0 Å². The van der Waals surface area contributed by atoms with Crippen LogP contribution >= 0.6 is 0 Å². The van der Waals surface area contributed by atoms with E-state index in [4.69, 9.17) is 0 Å². The van der Waals surface area contributed by atoms with Crippen molar-refractivity contribution >= 4 is 0 Å². The second-order valence-corrected chi connectivity index (χ2v) is 7.22. The zero-order valence-electron chi connectivity index (χ0n) is 13.3. The molecule has 3 heteroatoms. The molecule has 0 radical (unpaired) electrons. The van der Waals surface area contributed by atoms with Gasteiger partial charge in [-0.2, -0.15) is 0 Å². The Labute approximate surface area is 114 Å². The maximum absolute atomic E-state index is 3.51. The minimum Gasteiger partial charge on any atom is -0.317 e. The first-order valence-corrected chi connectivity index (χ1v) is 7.38. The van der Waals surface area contributed by atoms with Gasteiger partial charge in [0, 0.05) is 31.7 Å². The lowest BCUT2D eigenvalue weighted by atomic mass is 9.87. The minimum atomic E-state index is 0.449. The lowest BCUT2D eigenvalue weighted by Gasteiger charge is -2.39. The molecule has 0 aromatic carbocycles. The Morgan fingerprint density at radius 2 is 1.89 bits per heavy atom. The van der Waals surface area contributed by atoms with Crippen molar-refractivity contribution in [2.24, 2.45) is 5.41 Å². The number of likely N-dealkylation sites (N-methyl/N-ethyl adjacent to an activating group) is 2. The van der Waals surface area contributed by atoms with E-state index in [-0.39, 0.29) is 0 Å². The molecular weight excluding hydrogens is 222 g/mol. The Bertz CT molecular complexity index is 234. The number of nitrogens with zero attached hydrogens (tertiary/aromatic N) is 2. The van der Waals surface area contributed by atoms with Gasteiger partial charge < -0.3 is 15.1 Å². The number of nitrogens with one attached hydrogen (secondary N) is 1. The monoisotopic (exact) mass is 255 g/mol. The van der Waals surface area contributed by atoms with Gasteiger partial charge >= 0.3 is 0 Å². The lowest BCUT2D eigenvalue weighted by molar-refractivity contribution is 0.0995. The zero-order valence-corrected chi connectivity index (χ0v) is 13.3. The third-order valence-corrected chi connectivity index (χ3v) is 4.19. The molecule has 2 atom stereocenters. The van der Waals surface area contributed by atoms with Crippen LogP contribution in [0.15, 0.2) is 0 Å². The van der Waals surface area contributed by atoms with E-state index in [1.54, 1.807) is 0 Å². The van der Waals surface area contributed by atoms with E-state index in [2.05, 4.69) is 57.0 Å². The molecule has 0 spiro atoms. The zero-order chi connectivity index (χ0) is 13.8. The second kappa shape index (κ2) is 6.88. The Kier molecular flexibility index (Phi) is 6.09. The van der Waals surface area contributed by atoms with Crippen molar-refractivity contribution in [3.8, 4) is 0 Å². The van der Waals surface area contributed by atoms with Crippen LogP contribution in [0.3, 0.4) is 0 Å². The molecule has 0 bridgehead atoms. The van der Waals surface area contributed by atoms with Gasteiger partial charge in [-0.05, 0) is 45.8 Å². The smallest absolute Gasteiger partial charge is 0.0235 e. The molecule has 108 valence electrons. The van der Waals surface area contributed by atoms with Crippen molar-refractivity contribution in [3.63, 3.8) is 0 Å². The summed E-state index contributed by atoms with van der Waals surface area (Å²) in [6.45, 7) is 10.6. The highest BCUT2D eigenvalue weighted by Gasteiger charge is 2.25. The fourth-order valence-electron chi connectivity index (χ4n) is 2.67. The number of hydrogen-bond acceptors (Lipinski definition) is 3. The van der Waals surface area contributed by atoms with Gasteiger partial charge in [0.2, 0.25) is 0 Å². The van der Waals surface area contributed by atoms with Gasteiger partial charge in [-0.3, -0.25) is 0 Å². The number of hydrogen-bond donors (Lipinski definition) is 1. The highest BCUT2D eigenvalue weighted by molar-refractivity contribution is 4.83. The molecule has 1 saturated heterocycles. The molecule has 0 aromatic heterocycles. The van der Waals surface area contributed by atoms with Crippen molar-refractivity contribution in [3.05, 3.63) is 0 Å². The van der Waals surface area contributed by atoms with Gasteiger partial charge in [0.15, 0.2) is 0 Å². The maximum Gasteiger partial charge on any atom is 0.0235 e. The third-order valence-electron chi connectivity index (χ3n) is 4.19. The van der Waals surface area contributed by atoms with E-state index < -0.39 is 0 Å². The van der Waals surface area contributed by atoms with Crippen LogP contribution in [0.1, 0.15) is 40.0 Å². The number of rotatable bonds is 5. The lowest BCUT2D eigenvalue weighted by Crippen LogP contribution is -2.52. The first-order valence-electron chi connectivity index (χ1n) is 7.38. The Hall–Kier alpha value is -0.120. The van der Waals surface area contributed by atoms with Crippen molar-refractivity contribution in [2.75, 3.05) is 40.8 Å². The summed E-state index contributed by atoms with van der Waals surface area (Å²) >= 11 is 0. The van der Waals surface area contributed by atoms with Crippen LogP contribution < -0.4 is 5.32 Å². The van der Waals surface area contributed by atoms with E-state index in [1.165, 1.54) is 38.9 Å². The van der Waals surface area contributed by atoms with Gasteiger partial charge in [0.1, 0.15) is 0 Å². The molecule has 3 nitrogen and oxygen atoms in total. The largest absolute Gasteiger partial charge is 0.317 e. The molecule has 1 rings (SSSR count). The maximum atomic E-state index is 3.51. The summed E-state index contributed by atoms with van der Waals surface area (Å²) in [5.41, 5.74) is 0.449. The van der Waals surface area contributed by atoms with Crippen molar-refractivity contribution in [2.45, 2.75) is 52.1 Å². The molecule has 1 aliphatic heterocycles. The highest BCUT2D eigenvalue weighted by atomic mass is 15.3. The van der Waals surface area contributed by atoms with E-state index >= 15 is 0 Å². The molecule has 0 amide bonds. The third kappa shape index (κ3) is 5.68. The molecule has 18 heavy (non-hydrogen) atoms. The van der Waals surface area contributed by atoms with Crippen LogP contribution in [0.4, 0.5) is 0 Å². The molecule has 1 N–H and O–H groups in total. The standard InChI is InChI=1S/C15H33N3/c1-15(2,3)8-7-13(16-4)11-14-12-17(5)9-10-18(14)6/h13-14,16H,7-12H2,1-6H3. The molecule has 1 fully saturated rings. The second-order valence-electron chi connectivity index (χ2n) is 7.22. The van der Waals surface area contributed by atoms with Crippen LogP contribution in [0, 0.1) is 5.41 Å². The molecule has 0 aromatic rings. The average Bonchev–Trinajstić information content (AvgIpc) is 2.27. The molecule has 0 saturated carbocycles. The topological polar surface area (TPSA) is 18.5 Å². The molecule has 1 aliphatic rings. The Balaban J connectivity index is 2.41. The Morgan fingerprint density at radius 1 is 1.22 bits per heavy atom. The van der Waals surface area contributed by atoms with E-state index in [9.17, 15) is 0 Å². The normalized spacial score (nSPS) is 25.3. The van der Waals surface area contributed by atoms with Crippen LogP contribution in [-0.4, -0.2) is 62.7 Å². The van der Waals surface area contributed by atoms with Gasteiger partial charge in [-0.1, -0.05) is 20.8 Å². The summed E-state index contributed by atoms with van der Waals surface area (Å²) in [5.74, 6) is 0. The SMILES string of the molecule is CNC(CCC(C)(C)C)CC1CN(C)CCN1C. The summed E-state index contributed by atoms with van der Waals surface area (Å²) < 4.78 is 0. The van der Waals surface area contributed by atoms with E-state index in [0.29, 0.717) is 17.5 Å². The van der Waals surface area contributed by atoms with Crippen molar-refractivity contribution in [1.29, 1.82) is 0 Å². The fraction of sp³-hybridized carbons (Fsp3) is 1.00. The van der Waals surface area contributed by atoms with Gasteiger partial charge in [0.05, 0.1) is 0 Å². The van der Waals surface area contributed by atoms with Crippen LogP contribution in [0.2, 0.25) is 0 Å². The van der Waals surface area contributed by atoms with Crippen molar-refractivity contribution in [1.82, 2.24) is 15.1 Å². The number of piperazine rings is 1. The first-order chi connectivity index (χ1) is 8.31. The quantitative estimate of drug-likeness (QED) is 0.811.